The molecule has 2 N–H and O–H groups in total. The molecule has 2 aromatic carbocycles. The van der Waals surface area contributed by atoms with E-state index in [0.29, 0.717) is 34.0 Å². The number of rotatable bonds is 4. The van der Waals surface area contributed by atoms with Crippen molar-refractivity contribution in [1.82, 2.24) is 14.8 Å². The number of halogens is 3. The lowest BCUT2D eigenvalue weighted by Gasteiger charge is -2.19. The first-order valence-electron chi connectivity index (χ1n) is 10.6. The second-order valence-electron chi connectivity index (χ2n) is 8.89. The van der Waals surface area contributed by atoms with Crippen LogP contribution in [0, 0.1) is 11.6 Å². The van der Waals surface area contributed by atoms with Gasteiger partial charge in [-0.1, -0.05) is 13.8 Å². The number of benzene rings is 2. The fourth-order valence-corrected chi connectivity index (χ4v) is 5.14. The van der Waals surface area contributed by atoms with E-state index >= 15 is 8.78 Å². The second kappa shape index (κ2) is 7.12. The quantitative estimate of drug-likeness (QED) is 0.410. The summed E-state index contributed by atoms with van der Waals surface area (Å²) in [4.78, 5) is 11.5. The summed E-state index contributed by atoms with van der Waals surface area (Å²) in [5.74, 6) is -2.92. The third kappa shape index (κ3) is 2.92. The van der Waals surface area contributed by atoms with Gasteiger partial charge in [-0.05, 0) is 67.0 Å². The topological polar surface area (TPSA) is 70.9 Å². The first-order chi connectivity index (χ1) is 15.2. The van der Waals surface area contributed by atoms with E-state index in [2.05, 4.69) is 10.2 Å². The predicted molar refractivity (Wildman–Crippen MR) is 115 cm³/mol. The van der Waals surface area contributed by atoms with E-state index in [1.165, 1.54) is 18.3 Å². The van der Waals surface area contributed by atoms with Crippen LogP contribution in [0.2, 0.25) is 0 Å². The highest BCUT2D eigenvalue weighted by molar-refractivity contribution is 6.00. The summed E-state index contributed by atoms with van der Waals surface area (Å²) < 4.78 is 46.4. The molecule has 1 fully saturated rings. The van der Waals surface area contributed by atoms with Gasteiger partial charge in [0.1, 0.15) is 11.3 Å². The van der Waals surface area contributed by atoms with E-state index in [-0.39, 0.29) is 30.1 Å². The summed E-state index contributed by atoms with van der Waals surface area (Å²) >= 11 is 0. The van der Waals surface area contributed by atoms with Crippen molar-refractivity contribution in [3.63, 3.8) is 0 Å². The molecule has 4 aromatic rings. The molecule has 0 spiro atoms. The van der Waals surface area contributed by atoms with Crippen LogP contribution in [0.4, 0.5) is 13.2 Å². The van der Waals surface area contributed by atoms with E-state index in [1.54, 1.807) is 12.1 Å². The lowest BCUT2D eigenvalue weighted by atomic mass is 9.89. The fraction of sp³-hybridized carbons (Fsp3) is 0.333. The fourth-order valence-electron chi connectivity index (χ4n) is 5.14. The number of fused-ring (bicyclic) bond motifs is 2. The number of alkyl halides is 1. The van der Waals surface area contributed by atoms with Crippen LogP contribution in [0.1, 0.15) is 56.2 Å². The summed E-state index contributed by atoms with van der Waals surface area (Å²) in [5.41, 5.74) is 0.510. The van der Waals surface area contributed by atoms with Crippen molar-refractivity contribution in [3.8, 4) is 5.69 Å². The molecular formula is C24H22F3N3O2. The van der Waals surface area contributed by atoms with E-state index in [4.69, 9.17) is 0 Å². The molecular weight excluding hydrogens is 419 g/mol. The number of nitrogens with one attached hydrogen (secondary N) is 1. The molecule has 32 heavy (non-hydrogen) atoms. The summed E-state index contributed by atoms with van der Waals surface area (Å²) in [6.07, 6.45) is 1.49. The Morgan fingerprint density at radius 2 is 2.00 bits per heavy atom. The number of aromatic amines is 1. The number of aromatic nitrogens is 3. The van der Waals surface area contributed by atoms with E-state index in [9.17, 15) is 14.3 Å². The molecule has 2 atom stereocenters. The molecule has 0 radical (unpaired) electrons. The molecule has 1 aliphatic rings. The van der Waals surface area contributed by atoms with Gasteiger partial charge in [-0.3, -0.25) is 5.10 Å². The van der Waals surface area contributed by atoms with Gasteiger partial charge < -0.3 is 9.67 Å². The number of carbonyl (C=O) groups is 1. The Morgan fingerprint density at radius 3 is 2.62 bits per heavy atom. The average Bonchev–Trinajstić information content (AvgIpc) is 3.45. The van der Waals surface area contributed by atoms with E-state index in [0.717, 1.165) is 5.69 Å². The van der Waals surface area contributed by atoms with E-state index in [1.807, 2.05) is 24.5 Å². The zero-order chi connectivity index (χ0) is 22.8. The molecule has 0 aliphatic heterocycles. The second-order valence-corrected chi connectivity index (χ2v) is 8.89. The Balaban J connectivity index is 1.87. The number of H-pyrrole nitrogens is 1. The van der Waals surface area contributed by atoms with Crippen molar-refractivity contribution >= 4 is 27.8 Å². The van der Waals surface area contributed by atoms with Crippen molar-refractivity contribution in [2.45, 2.75) is 50.6 Å². The van der Waals surface area contributed by atoms with Crippen molar-refractivity contribution in [2.75, 3.05) is 0 Å². The molecule has 0 saturated heterocycles. The summed E-state index contributed by atoms with van der Waals surface area (Å²) in [7, 11) is 0. The van der Waals surface area contributed by atoms with Crippen LogP contribution in [0.25, 0.3) is 27.5 Å². The summed E-state index contributed by atoms with van der Waals surface area (Å²) in [6, 6.07) is 7.72. The van der Waals surface area contributed by atoms with Gasteiger partial charge in [-0.25, -0.2) is 18.0 Å². The molecule has 0 amide bonds. The van der Waals surface area contributed by atoms with Gasteiger partial charge in [0, 0.05) is 22.2 Å². The minimum atomic E-state index is -2.34. The minimum Gasteiger partial charge on any atom is -0.479 e. The largest absolute Gasteiger partial charge is 0.479 e. The Labute approximate surface area is 181 Å². The van der Waals surface area contributed by atoms with Gasteiger partial charge in [0.05, 0.1) is 11.7 Å². The third-order valence-electron chi connectivity index (χ3n) is 6.57. The van der Waals surface area contributed by atoms with Gasteiger partial charge in [0.15, 0.2) is 5.82 Å². The monoisotopic (exact) mass is 441 g/mol. The standard InChI is InChI=1S/C24H22F3N3O2/c1-12(2)22-18(13-7-8-24(27,10-13)23(31)32)19-17(9-14-11-28-29-21(14)20(19)26)30(22)16-5-3-15(25)4-6-16/h3-6,9,11-13H,7-8,10H2,1-2H3,(H,28,29)(H,31,32)/t13-,24+/m1/s1. The molecule has 8 heteroatoms. The summed E-state index contributed by atoms with van der Waals surface area (Å²) in [5, 5.41) is 16.9. The number of nitrogens with zero attached hydrogens (tertiary/aromatic N) is 2. The highest BCUT2D eigenvalue weighted by atomic mass is 19.1. The Hall–Kier alpha value is -3.29. The van der Waals surface area contributed by atoms with Crippen LogP contribution in [-0.4, -0.2) is 31.5 Å². The normalized spacial score (nSPS) is 21.2. The van der Waals surface area contributed by atoms with E-state index < -0.39 is 23.4 Å². The lowest BCUT2D eigenvalue weighted by Crippen LogP contribution is -2.30. The maximum absolute atomic E-state index is 15.8. The number of aliphatic carboxylic acids is 1. The Kier molecular flexibility index (Phi) is 4.58. The van der Waals surface area contributed by atoms with Gasteiger partial charge in [0.2, 0.25) is 5.67 Å². The van der Waals surface area contributed by atoms with Crippen LogP contribution in [0.3, 0.4) is 0 Å². The SMILES string of the molecule is CC(C)c1c([C@@H]2CC[C@@](F)(C(=O)O)C2)c2c(F)c3[nH]ncc3cc2n1-c1ccc(F)cc1. The zero-order valence-electron chi connectivity index (χ0n) is 17.6. The molecule has 1 aliphatic carbocycles. The lowest BCUT2D eigenvalue weighted by molar-refractivity contribution is -0.150. The van der Waals surface area contributed by atoms with Crippen LogP contribution in [0.15, 0.2) is 36.5 Å². The highest BCUT2D eigenvalue weighted by Gasteiger charge is 2.48. The van der Waals surface area contributed by atoms with Gasteiger partial charge in [-0.15, -0.1) is 0 Å². The molecule has 5 rings (SSSR count). The minimum absolute atomic E-state index is 0.0854. The number of hydrogen-bond donors (Lipinski definition) is 2. The maximum atomic E-state index is 15.8. The van der Waals surface area contributed by atoms with Crippen LogP contribution in [-0.2, 0) is 4.79 Å². The Morgan fingerprint density at radius 1 is 1.28 bits per heavy atom. The van der Waals surface area contributed by atoms with Gasteiger partial charge in [-0.2, -0.15) is 5.10 Å². The van der Waals surface area contributed by atoms with Crippen LogP contribution >= 0.6 is 0 Å². The molecule has 2 aromatic heterocycles. The maximum Gasteiger partial charge on any atom is 0.341 e. The molecule has 1 saturated carbocycles. The average molecular weight is 441 g/mol. The van der Waals surface area contributed by atoms with Crippen molar-refractivity contribution < 1.29 is 23.1 Å². The predicted octanol–water partition coefficient (Wildman–Crippen LogP) is 5.97. The van der Waals surface area contributed by atoms with Gasteiger partial charge >= 0.3 is 5.97 Å². The molecule has 0 bridgehead atoms. The number of carboxylic acids is 1. The van der Waals surface area contributed by atoms with Crippen LogP contribution in [0.5, 0.6) is 0 Å². The number of carboxylic acid groups (broad SMARTS) is 1. The first-order valence-corrected chi connectivity index (χ1v) is 10.6. The summed E-state index contributed by atoms with van der Waals surface area (Å²) in [6.45, 7) is 3.91. The van der Waals surface area contributed by atoms with Crippen LogP contribution < -0.4 is 0 Å². The smallest absolute Gasteiger partial charge is 0.341 e. The zero-order valence-corrected chi connectivity index (χ0v) is 17.6. The van der Waals surface area contributed by atoms with Gasteiger partial charge in [0.25, 0.3) is 0 Å². The van der Waals surface area contributed by atoms with Crippen molar-refractivity contribution in [2.24, 2.45) is 0 Å². The number of hydrogen-bond acceptors (Lipinski definition) is 2. The molecule has 2 heterocycles. The first kappa shape index (κ1) is 20.6. The Bertz CT molecular complexity index is 1360. The highest BCUT2D eigenvalue weighted by Crippen LogP contribution is 2.50. The van der Waals surface area contributed by atoms with Crippen molar-refractivity contribution in [1.29, 1.82) is 0 Å². The molecule has 166 valence electrons. The molecule has 5 nitrogen and oxygen atoms in total. The van der Waals surface area contributed by atoms with Crippen molar-refractivity contribution in [3.05, 3.63) is 59.4 Å². The third-order valence-corrected chi connectivity index (χ3v) is 6.57. The molecule has 0 unspecified atom stereocenters.